The molecule has 4 atom stereocenters. The second-order valence-corrected chi connectivity index (χ2v) is 6.52. The van der Waals surface area contributed by atoms with Crippen LogP contribution in [0.4, 0.5) is 4.39 Å². The van der Waals surface area contributed by atoms with Crippen LogP contribution in [0, 0.1) is 17.7 Å². The lowest BCUT2D eigenvalue weighted by atomic mass is 9.58. The summed E-state index contributed by atoms with van der Waals surface area (Å²) in [6.45, 7) is 1.66. The largest absolute Gasteiger partial charge is 0.481 e. The van der Waals surface area contributed by atoms with Crippen LogP contribution in [0.5, 0.6) is 0 Å². The molecular formula is C17H15FO6. The normalized spacial score (nSPS) is 29.4. The van der Waals surface area contributed by atoms with Gasteiger partial charge in [-0.2, -0.15) is 0 Å². The van der Waals surface area contributed by atoms with E-state index in [4.69, 9.17) is 5.11 Å². The molecule has 0 bridgehead atoms. The average Bonchev–Trinajstić information content (AvgIpc) is 2.78. The van der Waals surface area contributed by atoms with Crippen LogP contribution < -0.4 is 0 Å². The highest BCUT2D eigenvalue weighted by atomic mass is 19.1. The Morgan fingerprint density at radius 3 is 2.79 bits per heavy atom. The van der Waals surface area contributed by atoms with Crippen molar-refractivity contribution in [2.24, 2.45) is 11.8 Å². The van der Waals surface area contributed by atoms with E-state index in [-0.39, 0.29) is 6.42 Å². The molecule has 2 aliphatic rings. The fourth-order valence-electron chi connectivity index (χ4n) is 3.92. The zero-order valence-electron chi connectivity index (χ0n) is 12.8. The highest BCUT2D eigenvalue weighted by Crippen LogP contribution is 2.52. The third-order valence-corrected chi connectivity index (χ3v) is 5.15. The third kappa shape index (κ3) is 2.31. The SMILES string of the molecule is CC1(C(C=O)CC(=O)O)CC2C(=O)OC(=O)C2c2cc(F)ccc21. The van der Waals surface area contributed by atoms with Crippen molar-refractivity contribution < 1.29 is 33.4 Å². The Morgan fingerprint density at radius 1 is 1.46 bits per heavy atom. The van der Waals surface area contributed by atoms with Crippen molar-refractivity contribution in [1.82, 2.24) is 0 Å². The third-order valence-electron chi connectivity index (χ3n) is 5.15. The van der Waals surface area contributed by atoms with E-state index in [2.05, 4.69) is 4.74 Å². The minimum Gasteiger partial charge on any atom is -0.481 e. The molecule has 1 aliphatic carbocycles. The number of cyclic esters (lactones) is 2. The van der Waals surface area contributed by atoms with Gasteiger partial charge < -0.3 is 14.6 Å². The quantitative estimate of drug-likeness (QED) is 0.510. The number of esters is 2. The molecule has 0 aromatic heterocycles. The molecule has 1 aromatic carbocycles. The van der Waals surface area contributed by atoms with Gasteiger partial charge in [-0.25, -0.2) is 4.39 Å². The number of benzene rings is 1. The molecule has 0 spiro atoms. The molecule has 0 radical (unpaired) electrons. The van der Waals surface area contributed by atoms with Crippen LogP contribution in [-0.2, 0) is 29.3 Å². The number of aliphatic carboxylic acids is 1. The Kier molecular flexibility index (Phi) is 3.74. The predicted octanol–water partition coefficient (Wildman–Crippen LogP) is 1.56. The molecular weight excluding hydrogens is 319 g/mol. The number of hydrogen-bond donors (Lipinski definition) is 1. The molecule has 1 N–H and O–H groups in total. The van der Waals surface area contributed by atoms with E-state index < -0.39 is 53.3 Å². The summed E-state index contributed by atoms with van der Waals surface area (Å²) in [4.78, 5) is 46.6. The fourth-order valence-corrected chi connectivity index (χ4v) is 3.92. The molecule has 1 aliphatic heterocycles. The average molecular weight is 334 g/mol. The van der Waals surface area contributed by atoms with Crippen LogP contribution in [0.25, 0.3) is 0 Å². The zero-order chi connectivity index (χ0) is 17.6. The van der Waals surface area contributed by atoms with Gasteiger partial charge in [0.05, 0.1) is 18.3 Å². The summed E-state index contributed by atoms with van der Waals surface area (Å²) in [5, 5.41) is 9.07. The van der Waals surface area contributed by atoms with Crippen molar-refractivity contribution in [2.75, 3.05) is 0 Å². The van der Waals surface area contributed by atoms with Gasteiger partial charge in [-0.15, -0.1) is 0 Å². The molecule has 24 heavy (non-hydrogen) atoms. The summed E-state index contributed by atoms with van der Waals surface area (Å²) in [5.74, 6) is -5.84. The minimum atomic E-state index is -1.15. The summed E-state index contributed by atoms with van der Waals surface area (Å²) < 4.78 is 18.4. The zero-order valence-corrected chi connectivity index (χ0v) is 12.8. The molecule has 0 amide bonds. The lowest BCUT2D eigenvalue weighted by Crippen LogP contribution is -2.43. The van der Waals surface area contributed by atoms with E-state index in [1.165, 1.54) is 12.1 Å². The highest BCUT2D eigenvalue weighted by molar-refractivity contribution is 6.00. The molecule has 126 valence electrons. The summed E-state index contributed by atoms with van der Waals surface area (Å²) in [6.07, 6.45) is 0.221. The molecule has 3 rings (SSSR count). The molecule has 7 heteroatoms. The van der Waals surface area contributed by atoms with E-state index in [0.29, 0.717) is 17.4 Å². The Bertz CT molecular complexity index is 757. The Morgan fingerprint density at radius 2 is 2.17 bits per heavy atom. The number of carboxylic acid groups (broad SMARTS) is 1. The first kappa shape index (κ1) is 16.3. The van der Waals surface area contributed by atoms with Crippen molar-refractivity contribution in [2.45, 2.75) is 31.1 Å². The summed E-state index contributed by atoms with van der Waals surface area (Å²) >= 11 is 0. The van der Waals surface area contributed by atoms with Gasteiger partial charge in [-0.05, 0) is 29.7 Å². The molecule has 1 heterocycles. The number of fused-ring (bicyclic) bond motifs is 3. The first-order valence-corrected chi connectivity index (χ1v) is 7.50. The summed E-state index contributed by atoms with van der Waals surface area (Å²) in [5.41, 5.74) is -0.203. The highest BCUT2D eigenvalue weighted by Gasteiger charge is 2.55. The van der Waals surface area contributed by atoms with Crippen molar-refractivity contribution >= 4 is 24.2 Å². The molecule has 1 fully saturated rings. The number of rotatable bonds is 4. The van der Waals surface area contributed by atoms with Gasteiger partial charge in [0.15, 0.2) is 0 Å². The first-order chi connectivity index (χ1) is 11.3. The number of hydrogen-bond acceptors (Lipinski definition) is 5. The number of carbonyl (C=O) groups excluding carboxylic acids is 3. The monoisotopic (exact) mass is 334 g/mol. The maximum absolute atomic E-state index is 13.7. The van der Waals surface area contributed by atoms with Crippen molar-refractivity contribution in [3.8, 4) is 0 Å². The minimum absolute atomic E-state index is 0.0948. The molecule has 6 nitrogen and oxygen atoms in total. The van der Waals surface area contributed by atoms with Crippen LogP contribution in [0.3, 0.4) is 0 Å². The maximum Gasteiger partial charge on any atom is 0.321 e. The lowest BCUT2D eigenvalue weighted by molar-refractivity contribution is -0.153. The van der Waals surface area contributed by atoms with E-state index in [9.17, 15) is 23.6 Å². The standard InChI is InChI=1S/C17H15FO6/c1-17(8(7-19)4-13(20)21)6-11-14(16(23)24-15(11)22)10-5-9(18)2-3-12(10)17/h2-3,5,7-8,11,14H,4,6H2,1H3,(H,20,21). The van der Waals surface area contributed by atoms with Gasteiger partial charge in [-0.3, -0.25) is 14.4 Å². The summed E-state index contributed by atoms with van der Waals surface area (Å²) in [6, 6.07) is 3.81. The van der Waals surface area contributed by atoms with Crippen LogP contribution in [0.1, 0.15) is 36.8 Å². The van der Waals surface area contributed by atoms with Gasteiger partial charge in [0.2, 0.25) is 0 Å². The van der Waals surface area contributed by atoms with Crippen molar-refractivity contribution in [3.05, 3.63) is 35.1 Å². The van der Waals surface area contributed by atoms with Gasteiger partial charge in [-0.1, -0.05) is 13.0 Å². The van der Waals surface area contributed by atoms with Gasteiger partial charge in [0.1, 0.15) is 12.1 Å². The predicted molar refractivity (Wildman–Crippen MR) is 77.5 cm³/mol. The molecule has 1 aromatic rings. The van der Waals surface area contributed by atoms with Gasteiger partial charge in [0.25, 0.3) is 0 Å². The topological polar surface area (TPSA) is 97.7 Å². The second kappa shape index (κ2) is 5.51. The first-order valence-electron chi connectivity index (χ1n) is 7.50. The van der Waals surface area contributed by atoms with Crippen LogP contribution in [0.15, 0.2) is 18.2 Å². The number of carboxylic acids is 1. The molecule has 0 saturated carbocycles. The number of carbonyl (C=O) groups is 4. The maximum atomic E-state index is 13.7. The van der Waals surface area contributed by atoms with Gasteiger partial charge in [0, 0.05) is 11.3 Å². The van der Waals surface area contributed by atoms with E-state index in [1.807, 2.05) is 0 Å². The molecule has 4 unspecified atom stereocenters. The molecule has 1 saturated heterocycles. The van der Waals surface area contributed by atoms with E-state index in [1.54, 1.807) is 6.92 Å². The van der Waals surface area contributed by atoms with E-state index >= 15 is 0 Å². The van der Waals surface area contributed by atoms with Crippen molar-refractivity contribution in [1.29, 1.82) is 0 Å². The second-order valence-electron chi connectivity index (χ2n) is 6.52. The van der Waals surface area contributed by atoms with E-state index in [0.717, 1.165) is 6.07 Å². The number of halogens is 1. The number of aldehydes is 1. The van der Waals surface area contributed by atoms with Gasteiger partial charge >= 0.3 is 17.9 Å². The van der Waals surface area contributed by atoms with Crippen molar-refractivity contribution in [3.63, 3.8) is 0 Å². The van der Waals surface area contributed by atoms with Crippen LogP contribution in [0.2, 0.25) is 0 Å². The summed E-state index contributed by atoms with van der Waals surface area (Å²) in [7, 11) is 0. The smallest absolute Gasteiger partial charge is 0.321 e. The van der Waals surface area contributed by atoms with Crippen LogP contribution in [-0.4, -0.2) is 29.3 Å². The fraction of sp³-hybridized carbons (Fsp3) is 0.412. The van der Waals surface area contributed by atoms with Crippen LogP contribution >= 0.6 is 0 Å². The number of ether oxygens (including phenoxy) is 1. The lowest BCUT2D eigenvalue weighted by Gasteiger charge is -2.42. The Balaban J connectivity index is 2.18. The Hall–Kier alpha value is -2.57. The Labute approximate surface area is 136 Å².